The summed E-state index contributed by atoms with van der Waals surface area (Å²) < 4.78 is 0. The molecule has 2 N–H and O–H groups in total. The average Bonchev–Trinajstić information content (AvgIpc) is 3.04. The van der Waals surface area contributed by atoms with Crippen LogP contribution in [-0.4, -0.2) is 42.7 Å². The van der Waals surface area contributed by atoms with E-state index in [1.54, 1.807) is 6.07 Å². The number of Topliss-reactive ketones (excluding diaryl/α,β-unsaturated/α-hetero) is 1. The molecule has 4 rings (SSSR count). The topological polar surface area (TPSA) is 90.9 Å². The van der Waals surface area contributed by atoms with Crippen molar-refractivity contribution >= 4 is 29.1 Å². The minimum absolute atomic E-state index is 0.172. The van der Waals surface area contributed by atoms with E-state index in [9.17, 15) is 14.4 Å². The molecule has 0 aliphatic carbocycles. The van der Waals surface area contributed by atoms with Crippen LogP contribution in [0.1, 0.15) is 59.7 Å². The molecule has 1 heterocycles. The van der Waals surface area contributed by atoms with Crippen molar-refractivity contribution in [2.75, 3.05) is 18.0 Å². The maximum Gasteiger partial charge on any atom is 0.316 e. The third kappa shape index (κ3) is 6.35. The van der Waals surface area contributed by atoms with E-state index in [4.69, 9.17) is 4.99 Å². The van der Waals surface area contributed by atoms with Crippen LogP contribution in [0.4, 0.5) is 10.5 Å². The number of hydrogen-bond donors (Lipinski definition) is 2. The fourth-order valence-corrected chi connectivity index (χ4v) is 4.56. The molecule has 0 fully saturated rings. The Hall–Kier alpha value is -4.26. The molecule has 0 unspecified atom stereocenters. The number of hydrogen-bond acceptors (Lipinski definition) is 4. The molecule has 38 heavy (non-hydrogen) atoms. The maximum atomic E-state index is 13.9. The first-order valence-corrected chi connectivity index (χ1v) is 13.2. The maximum absolute atomic E-state index is 13.9. The van der Waals surface area contributed by atoms with Crippen molar-refractivity contribution in [2.45, 2.75) is 45.7 Å². The van der Waals surface area contributed by atoms with Crippen LogP contribution in [0.3, 0.4) is 0 Å². The van der Waals surface area contributed by atoms with Gasteiger partial charge in [0.25, 0.3) is 5.91 Å². The van der Waals surface area contributed by atoms with Crippen molar-refractivity contribution in [2.24, 2.45) is 4.99 Å². The van der Waals surface area contributed by atoms with Gasteiger partial charge in [0.2, 0.25) is 6.17 Å². The Kier molecular flexibility index (Phi) is 9.03. The Labute approximate surface area is 224 Å². The molecule has 0 aromatic heterocycles. The number of urea groups is 1. The molecule has 1 aliphatic heterocycles. The van der Waals surface area contributed by atoms with Gasteiger partial charge in [-0.3, -0.25) is 9.59 Å². The second kappa shape index (κ2) is 12.8. The number of carbonyl (C=O) groups excluding carboxylic acids is 3. The summed E-state index contributed by atoms with van der Waals surface area (Å²) in [6, 6.07) is 23.8. The van der Waals surface area contributed by atoms with Crippen molar-refractivity contribution in [3.05, 3.63) is 101 Å². The molecule has 7 nitrogen and oxygen atoms in total. The molecular formula is C31H34N4O3. The van der Waals surface area contributed by atoms with Crippen molar-refractivity contribution < 1.29 is 14.4 Å². The lowest BCUT2D eigenvalue weighted by atomic mass is 9.99. The van der Waals surface area contributed by atoms with Gasteiger partial charge >= 0.3 is 6.03 Å². The molecule has 0 bridgehead atoms. The number of fused-ring (bicyclic) bond motifs is 1. The molecule has 3 amide bonds. The minimum Gasteiger partial charge on any atom is -0.338 e. The van der Waals surface area contributed by atoms with E-state index < -0.39 is 18.1 Å². The highest BCUT2D eigenvalue weighted by atomic mass is 16.2. The Morgan fingerprint density at radius 3 is 2.37 bits per heavy atom. The van der Waals surface area contributed by atoms with Crippen LogP contribution in [0.25, 0.3) is 0 Å². The van der Waals surface area contributed by atoms with Crippen LogP contribution >= 0.6 is 0 Å². The average molecular weight is 511 g/mol. The SMILES string of the molecule is CCCCCCNC(=O)N[C@H]1N=C(c2ccccc2)c2ccccc2N(CC(=O)c2ccccc2C)C1=O. The Morgan fingerprint density at radius 2 is 1.61 bits per heavy atom. The van der Waals surface area contributed by atoms with Crippen LogP contribution < -0.4 is 15.5 Å². The molecule has 1 atom stereocenters. The first-order chi connectivity index (χ1) is 18.5. The van der Waals surface area contributed by atoms with Gasteiger partial charge in [0.05, 0.1) is 17.9 Å². The molecule has 196 valence electrons. The van der Waals surface area contributed by atoms with Crippen LogP contribution in [0.2, 0.25) is 0 Å². The Bertz CT molecular complexity index is 1320. The van der Waals surface area contributed by atoms with Gasteiger partial charge < -0.3 is 15.5 Å². The number of benzodiazepines with no additional fused rings is 1. The highest BCUT2D eigenvalue weighted by molar-refractivity contribution is 6.21. The van der Waals surface area contributed by atoms with Gasteiger partial charge in [-0.1, -0.05) is 99.0 Å². The number of carbonyl (C=O) groups is 3. The Balaban J connectivity index is 1.68. The number of nitrogens with one attached hydrogen (secondary N) is 2. The van der Waals surface area contributed by atoms with Crippen LogP contribution in [-0.2, 0) is 4.79 Å². The number of unbranched alkanes of at least 4 members (excludes halogenated alkanes) is 3. The second-order valence-electron chi connectivity index (χ2n) is 9.39. The standard InChI is InChI=1S/C31H34N4O3/c1-3-4-5-13-20-32-31(38)34-29-30(37)35(21-27(36)24-17-10-9-14-22(24)2)26-19-12-11-18-25(26)28(33-29)23-15-7-6-8-16-23/h6-12,14-19,29H,3-5,13,20-21H2,1-2H3,(H2,32,34,38)/t29-/m1/s1. The summed E-state index contributed by atoms with van der Waals surface area (Å²) in [5.74, 6) is -0.653. The lowest BCUT2D eigenvalue weighted by molar-refractivity contribution is -0.120. The summed E-state index contributed by atoms with van der Waals surface area (Å²) in [5, 5.41) is 5.59. The molecule has 0 radical (unpaired) electrons. The first-order valence-electron chi connectivity index (χ1n) is 13.2. The van der Waals surface area contributed by atoms with E-state index in [-0.39, 0.29) is 12.3 Å². The predicted molar refractivity (Wildman–Crippen MR) is 151 cm³/mol. The highest BCUT2D eigenvalue weighted by Gasteiger charge is 2.34. The largest absolute Gasteiger partial charge is 0.338 e. The number of nitrogens with zero attached hydrogens (tertiary/aromatic N) is 2. The summed E-state index contributed by atoms with van der Waals surface area (Å²) in [6.45, 7) is 4.35. The zero-order valence-corrected chi connectivity index (χ0v) is 21.9. The molecule has 0 spiro atoms. The zero-order chi connectivity index (χ0) is 26.9. The summed E-state index contributed by atoms with van der Waals surface area (Å²) in [4.78, 5) is 46.3. The normalized spacial score (nSPS) is 14.8. The van der Waals surface area contributed by atoms with E-state index in [1.807, 2.05) is 79.7 Å². The van der Waals surface area contributed by atoms with E-state index in [2.05, 4.69) is 17.6 Å². The smallest absolute Gasteiger partial charge is 0.316 e. The fraction of sp³-hybridized carbons (Fsp3) is 0.290. The number of rotatable bonds is 10. The summed E-state index contributed by atoms with van der Waals surface area (Å²) in [5.41, 5.74) is 4.08. The molecule has 3 aromatic carbocycles. The molecule has 7 heteroatoms. The number of para-hydroxylation sites is 1. The van der Waals surface area contributed by atoms with Gasteiger partial charge in [-0.15, -0.1) is 0 Å². The third-order valence-electron chi connectivity index (χ3n) is 6.59. The van der Waals surface area contributed by atoms with Crippen molar-refractivity contribution in [1.29, 1.82) is 0 Å². The van der Waals surface area contributed by atoms with Crippen LogP contribution in [0.5, 0.6) is 0 Å². The van der Waals surface area contributed by atoms with Gasteiger partial charge in [0, 0.05) is 23.2 Å². The summed E-state index contributed by atoms with van der Waals surface area (Å²) >= 11 is 0. The van der Waals surface area contributed by atoms with Crippen molar-refractivity contribution in [3.63, 3.8) is 0 Å². The lowest BCUT2D eigenvalue weighted by Crippen LogP contribution is -2.51. The van der Waals surface area contributed by atoms with Gasteiger partial charge in [0.15, 0.2) is 5.78 Å². The summed E-state index contributed by atoms with van der Waals surface area (Å²) in [6.07, 6.45) is 2.91. The lowest BCUT2D eigenvalue weighted by Gasteiger charge is -2.25. The van der Waals surface area contributed by atoms with Gasteiger partial charge in [-0.25, -0.2) is 9.79 Å². The van der Waals surface area contributed by atoms with Gasteiger partial charge in [-0.2, -0.15) is 0 Å². The van der Waals surface area contributed by atoms with Gasteiger partial charge in [-0.05, 0) is 25.0 Å². The number of benzene rings is 3. The van der Waals surface area contributed by atoms with Crippen LogP contribution in [0.15, 0.2) is 83.9 Å². The zero-order valence-electron chi connectivity index (χ0n) is 21.9. The molecule has 0 saturated heterocycles. The first kappa shape index (κ1) is 26.8. The van der Waals surface area contributed by atoms with E-state index >= 15 is 0 Å². The quantitative estimate of drug-likeness (QED) is 0.288. The minimum atomic E-state index is -1.20. The van der Waals surface area contributed by atoms with Crippen molar-refractivity contribution in [3.8, 4) is 0 Å². The number of anilines is 1. The van der Waals surface area contributed by atoms with E-state index in [1.165, 1.54) is 4.90 Å². The molecular weight excluding hydrogens is 476 g/mol. The van der Waals surface area contributed by atoms with E-state index in [0.717, 1.165) is 36.8 Å². The fourth-order valence-electron chi connectivity index (χ4n) is 4.56. The van der Waals surface area contributed by atoms with E-state index in [0.29, 0.717) is 29.1 Å². The van der Waals surface area contributed by atoms with Crippen molar-refractivity contribution in [1.82, 2.24) is 10.6 Å². The number of amides is 3. The highest BCUT2D eigenvalue weighted by Crippen LogP contribution is 2.28. The Morgan fingerprint density at radius 1 is 0.895 bits per heavy atom. The number of aryl methyl sites for hydroxylation is 1. The number of aliphatic imine (C=N–C) groups is 1. The monoisotopic (exact) mass is 510 g/mol. The third-order valence-corrected chi connectivity index (χ3v) is 6.59. The summed E-state index contributed by atoms with van der Waals surface area (Å²) in [7, 11) is 0. The predicted octanol–water partition coefficient (Wildman–Crippen LogP) is 5.27. The molecule has 0 saturated carbocycles. The molecule has 3 aromatic rings. The van der Waals surface area contributed by atoms with Crippen LogP contribution in [0, 0.1) is 6.92 Å². The number of ketones is 1. The molecule has 1 aliphatic rings. The van der Waals surface area contributed by atoms with Gasteiger partial charge in [0.1, 0.15) is 0 Å². The second-order valence-corrected chi connectivity index (χ2v) is 9.39.